The maximum atomic E-state index is 13.1. The third-order valence-electron chi connectivity index (χ3n) is 4.76. The minimum Gasteiger partial charge on any atom is -0.480 e. The molecule has 30 heavy (non-hydrogen) atoms. The van der Waals surface area contributed by atoms with Crippen LogP contribution in [-0.2, 0) is 27.2 Å². The summed E-state index contributed by atoms with van der Waals surface area (Å²) in [5.41, 5.74) is 2.26. The van der Waals surface area contributed by atoms with Crippen molar-refractivity contribution in [3.8, 4) is 0 Å². The van der Waals surface area contributed by atoms with E-state index >= 15 is 0 Å². The van der Waals surface area contributed by atoms with Crippen LogP contribution in [0.5, 0.6) is 0 Å². The summed E-state index contributed by atoms with van der Waals surface area (Å²) < 4.78 is 13.1. The first kappa shape index (κ1) is 21.0. The van der Waals surface area contributed by atoms with Gasteiger partial charge in [-0.25, -0.2) is 9.18 Å². The second-order valence-corrected chi connectivity index (χ2v) is 7.05. The molecular weight excluding hydrogens is 389 g/mol. The van der Waals surface area contributed by atoms with Gasteiger partial charge in [-0.15, -0.1) is 0 Å². The molecule has 4 N–H and O–H groups in total. The van der Waals surface area contributed by atoms with Gasteiger partial charge in [0.2, 0.25) is 11.8 Å². The molecule has 0 aliphatic heterocycles. The Kier molecular flexibility index (Phi) is 6.46. The van der Waals surface area contributed by atoms with Crippen molar-refractivity contribution in [3.05, 3.63) is 71.7 Å². The van der Waals surface area contributed by atoms with Gasteiger partial charge in [0.1, 0.15) is 17.9 Å². The topological polar surface area (TPSA) is 111 Å². The van der Waals surface area contributed by atoms with Gasteiger partial charge < -0.3 is 20.7 Å². The molecule has 1 heterocycles. The zero-order valence-electron chi connectivity index (χ0n) is 16.3. The number of nitrogens with one attached hydrogen (secondary N) is 3. The van der Waals surface area contributed by atoms with Crippen LogP contribution in [0.4, 0.5) is 4.39 Å². The molecule has 7 nitrogen and oxygen atoms in total. The zero-order chi connectivity index (χ0) is 21.7. The average molecular weight is 411 g/mol. The number of carboxylic acids is 1. The maximum Gasteiger partial charge on any atom is 0.326 e. The van der Waals surface area contributed by atoms with Gasteiger partial charge in [-0.1, -0.05) is 30.3 Å². The second-order valence-electron chi connectivity index (χ2n) is 7.05. The van der Waals surface area contributed by atoms with E-state index in [0.29, 0.717) is 5.56 Å². The average Bonchev–Trinajstić information content (AvgIpc) is 3.11. The Labute approximate surface area is 172 Å². The summed E-state index contributed by atoms with van der Waals surface area (Å²) in [4.78, 5) is 39.2. The van der Waals surface area contributed by atoms with Gasteiger partial charge in [0, 0.05) is 36.9 Å². The number of carbonyl (C=O) groups is 3. The molecule has 0 spiro atoms. The Balaban J connectivity index is 1.75. The molecule has 0 saturated heterocycles. The number of fused-ring (bicyclic) bond motifs is 1. The van der Waals surface area contributed by atoms with Crippen LogP contribution in [0.2, 0.25) is 0 Å². The number of aromatic nitrogens is 1. The maximum absolute atomic E-state index is 13.1. The lowest BCUT2D eigenvalue weighted by atomic mass is 10.0. The molecule has 2 aromatic carbocycles. The number of hydrogen-bond acceptors (Lipinski definition) is 3. The third kappa shape index (κ3) is 5.22. The van der Waals surface area contributed by atoms with E-state index in [1.54, 1.807) is 6.20 Å². The number of halogens is 1. The van der Waals surface area contributed by atoms with Gasteiger partial charge in [0.05, 0.1) is 0 Å². The third-order valence-corrected chi connectivity index (χ3v) is 4.76. The van der Waals surface area contributed by atoms with Crippen LogP contribution in [-0.4, -0.2) is 40.0 Å². The van der Waals surface area contributed by atoms with Gasteiger partial charge in [0.25, 0.3) is 0 Å². The summed E-state index contributed by atoms with van der Waals surface area (Å²) in [7, 11) is 0. The molecule has 2 amide bonds. The Bertz CT molecular complexity index is 1060. The first-order valence-electron chi connectivity index (χ1n) is 9.43. The molecule has 156 valence electrons. The summed E-state index contributed by atoms with van der Waals surface area (Å²) in [6, 6.07) is 10.8. The van der Waals surface area contributed by atoms with Crippen LogP contribution in [0.25, 0.3) is 10.9 Å². The molecule has 0 saturated carbocycles. The van der Waals surface area contributed by atoms with Crippen molar-refractivity contribution >= 4 is 28.7 Å². The van der Waals surface area contributed by atoms with E-state index in [4.69, 9.17) is 0 Å². The summed E-state index contributed by atoms with van der Waals surface area (Å²) in [6.07, 6.45) is 1.90. The fourth-order valence-electron chi connectivity index (χ4n) is 3.30. The van der Waals surface area contributed by atoms with Gasteiger partial charge in [0.15, 0.2) is 0 Å². The Hall–Kier alpha value is -3.68. The number of carboxylic acid groups (broad SMARTS) is 1. The molecule has 0 unspecified atom stereocenters. The van der Waals surface area contributed by atoms with E-state index in [9.17, 15) is 23.9 Å². The van der Waals surface area contributed by atoms with Crippen LogP contribution in [0.15, 0.2) is 54.7 Å². The number of para-hydroxylation sites is 1. The van der Waals surface area contributed by atoms with Gasteiger partial charge in [-0.05, 0) is 29.3 Å². The number of rotatable bonds is 8. The Morgan fingerprint density at radius 1 is 1.00 bits per heavy atom. The van der Waals surface area contributed by atoms with E-state index in [0.717, 1.165) is 16.5 Å². The molecule has 0 aliphatic rings. The smallest absolute Gasteiger partial charge is 0.326 e. The van der Waals surface area contributed by atoms with Crippen molar-refractivity contribution in [2.45, 2.75) is 31.8 Å². The standard InChI is InChI=1S/C22H22FN3O4/c1-13(27)25-19(10-14-6-8-16(23)9-7-14)21(28)26-20(22(29)30)11-15-12-24-18-5-3-2-4-17(15)18/h2-9,12,19-20,24H,10-11H2,1H3,(H,25,27)(H,26,28)(H,29,30)/t19-,20+/m1/s1. The van der Waals surface area contributed by atoms with Gasteiger partial charge in [-0.2, -0.15) is 0 Å². The first-order valence-corrected chi connectivity index (χ1v) is 9.43. The number of aliphatic carboxylic acids is 1. The highest BCUT2D eigenvalue weighted by molar-refractivity contribution is 5.91. The summed E-state index contributed by atoms with van der Waals surface area (Å²) >= 11 is 0. The van der Waals surface area contributed by atoms with Crippen LogP contribution in [0.1, 0.15) is 18.1 Å². The number of aromatic amines is 1. The van der Waals surface area contributed by atoms with E-state index in [1.807, 2.05) is 24.3 Å². The van der Waals surface area contributed by atoms with Crippen LogP contribution in [0, 0.1) is 5.82 Å². The second kappa shape index (κ2) is 9.21. The fourth-order valence-corrected chi connectivity index (χ4v) is 3.30. The van der Waals surface area contributed by atoms with Crippen molar-refractivity contribution in [2.24, 2.45) is 0 Å². The minimum absolute atomic E-state index is 0.0778. The van der Waals surface area contributed by atoms with Crippen LogP contribution in [0.3, 0.4) is 0 Å². The van der Waals surface area contributed by atoms with E-state index < -0.39 is 35.7 Å². The lowest BCUT2D eigenvalue weighted by Crippen LogP contribution is -2.52. The molecule has 1 aromatic heterocycles. The van der Waals surface area contributed by atoms with E-state index in [-0.39, 0.29) is 12.8 Å². The number of carbonyl (C=O) groups excluding carboxylic acids is 2. The highest BCUT2D eigenvalue weighted by Crippen LogP contribution is 2.19. The Morgan fingerprint density at radius 2 is 1.70 bits per heavy atom. The molecular formula is C22H22FN3O4. The SMILES string of the molecule is CC(=O)N[C@H](Cc1ccc(F)cc1)C(=O)N[C@@H](Cc1c[nH]c2ccccc12)C(=O)O. The lowest BCUT2D eigenvalue weighted by molar-refractivity contribution is -0.142. The quantitative estimate of drug-likeness (QED) is 0.455. The van der Waals surface area contributed by atoms with Crippen LogP contribution < -0.4 is 10.6 Å². The first-order chi connectivity index (χ1) is 14.3. The predicted octanol–water partition coefficient (Wildman–Crippen LogP) is 2.17. The predicted molar refractivity (Wildman–Crippen MR) is 109 cm³/mol. The highest BCUT2D eigenvalue weighted by Gasteiger charge is 2.27. The number of H-pyrrole nitrogens is 1. The molecule has 0 fully saturated rings. The molecule has 8 heteroatoms. The molecule has 0 aliphatic carbocycles. The summed E-state index contributed by atoms with van der Waals surface area (Å²) in [5, 5.41) is 15.5. The monoisotopic (exact) mass is 411 g/mol. The number of amides is 2. The van der Waals surface area contributed by atoms with Crippen molar-refractivity contribution in [2.75, 3.05) is 0 Å². The molecule has 3 aromatic rings. The largest absolute Gasteiger partial charge is 0.480 e. The van der Waals surface area contributed by atoms with Crippen molar-refractivity contribution in [1.82, 2.24) is 15.6 Å². The summed E-state index contributed by atoms with van der Waals surface area (Å²) in [6.45, 7) is 1.27. The molecule has 0 radical (unpaired) electrons. The van der Waals surface area contributed by atoms with Crippen LogP contribution >= 0.6 is 0 Å². The molecule has 2 atom stereocenters. The van der Waals surface area contributed by atoms with Crippen molar-refractivity contribution < 1.29 is 23.9 Å². The van der Waals surface area contributed by atoms with Crippen molar-refractivity contribution in [3.63, 3.8) is 0 Å². The van der Waals surface area contributed by atoms with Gasteiger partial charge in [-0.3, -0.25) is 9.59 Å². The fraction of sp³-hybridized carbons (Fsp3) is 0.227. The number of benzene rings is 2. The lowest BCUT2D eigenvalue weighted by Gasteiger charge is -2.21. The molecule has 0 bridgehead atoms. The minimum atomic E-state index is -1.18. The summed E-state index contributed by atoms with van der Waals surface area (Å²) in [5.74, 6) is -2.65. The Morgan fingerprint density at radius 3 is 2.37 bits per heavy atom. The number of hydrogen-bond donors (Lipinski definition) is 4. The van der Waals surface area contributed by atoms with Crippen molar-refractivity contribution in [1.29, 1.82) is 0 Å². The molecule has 3 rings (SSSR count). The highest BCUT2D eigenvalue weighted by atomic mass is 19.1. The van der Waals surface area contributed by atoms with E-state index in [2.05, 4.69) is 15.6 Å². The normalized spacial score (nSPS) is 12.9. The van der Waals surface area contributed by atoms with E-state index in [1.165, 1.54) is 31.2 Å². The van der Waals surface area contributed by atoms with Gasteiger partial charge >= 0.3 is 5.97 Å². The zero-order valence-corrected chi connectivity index (χ0v) is 16.3.